The molecule has 5 heteroatoms. The number of aryl methyl sites for hydroxylation is 2. The fourth-order valence-electron chi connectivity index (χ4n) is 6.65. The zero-order valence-electron chi connectivity index (χ0n) is 27.4. The Hall–Kier alpha value is -3.41. The largest absolute Gasteiger partial charge is 0.304 e. The molecule has 47 heavy (non-hydrogen) atoms. The zero-order chi connectivity index (χ0) is 31.7. The number of benzene rings is 4. The van der Waals surface area contributed by atoms with Gasteiger partial charge in [0.05, 0.1) is 0 Å². The molecule has 4 aromatic carbocycles. The van der Waals surface area contributed by atoms with Gasteiger partial charge in [-0.25, -0.2) is 0 Å². The number of hydrogen-bond donors (Lipinski definition) is 0. The Balaban J connectivity index is 0.000000185. The van der Waals surface area contributed by atoms with E-state index in [1.54, 1.807) is 0 Å². The third-order valence-corrected chi connectivity index (χ3v) is 14.6. The first-order chi connectivity index (χ1) is 22.4. The topological polar surface area (TPSA) is 25.8 Å². The molecule has 0 fully saturated rings. The second kappa shape index (κ2) is 14.4. The van der Waals surface area contributed by atoms with Crippen molar-refractivity contribution < 1.29 is 20.1 Å². The second-order valence-corrected chi connectivity index (χ2v) is 24.8. The number of rotatable bonds is 4. The summed E-state index contributed by atoms with van der Waals surface area (Å²) in [6.07, 6.45) is 8.90. The summed E-state index contributed by atoms with van der Waals surface area (Å²) in [5.74, 6) is 7.20. The molecule has 1 aliphatic carbocycles. The van der Waals surface area contributed by atoms with Crippen LogP contribution in [0.3, 0.4) is 0 Å². The van der Waals surface area contributed by atoms with E-state index in [0.717, 1.165) is 23.4 Å². The monoisotopic (exact) mass is 869 g/mol. The van der Waals surface area contributed by atoms with Crippen LogP contribution < -0.4 is 4.40 Å². The van der Waals surface area contributed by atoms with E-state index in [1.165, 1.54) is 77.2 Å². The van der Waals surface area contributed by atoms with Crippen LogP contribution in [0.5, 0.6) is 0 Å². The summed E-state index contributed by atoms with van der Waals surface area (Å²) in [6.45, 7) is 2.19. The number of thiophene rings is 1. The van der Waals surface area contributed by atoms with Gasteiger partial charge in [-0.3, -0.25) is 0 Å². The van der Waals surface area contributed by atoms with E-state index in [0.29, 0.717) is 0 Å². The molecule has 2 nitrogen and oxygen atoms in total. The summed E-state index contributed by atoms with van der Waals surface area (Å²) >= 11 is 0.0988. The van der Waals surface area contributed by atoms with E-state index < -0.39 is 13.3 Å². The summed E-state index contributed by atoms with van der Waals surface area (Å²) in [4.78, 5) is 9.41. The van der Waals surface area contributed by atoms with Gasteiger partial charge in [0.1, 0.15) is 0 Å². The van der Waals surface area contributed by atoms with Gasteiger partial charge in [-0.05, 0) is 64.7 Å². The van der Waals surface area contributed by atoms with Gasteiger partial charge >= 0.3 is 106 Å². The van der Waals surface area contributed by atoms with Crippen molar-refractivity contribution in [3.8, 4) is 33.6 Å². The Morgan fingerprint density at radius 2 is 1.55 bits per heavy atom. The van der Waals surface area contributed by atoms with Gasteiger partial charge in [0.2, 0.25) is 0 Å². The normalized spacial score (nSPS) is 12.6. The van der Waals surface area contributed by atoms with Gasteiger partial charge in [-0.15, -0.1) is 23.8 Å². The molecule has 237 valence electrons. The van der Waals surface area contributed by atoms with E-state index in [2.05, 4.69) is 126 Å². The van der Waals surface area contributed by atoms with Crippen LogP contribution in [0.15, 0.2) is 109 Å². The fraction of sp³-hybridized carbons (Fsp3) is 0.190. The summed E-state index contributed by atoms with van der Waals surface area (Å²) in [5.41, 5.74) is 11.2. The van der Waals surface area contributed by atoms with Crippen LogP contribution in [-0.2, 0) is 32.9 Å². The standard InChI is InChI=1S/C27H20NS.C15H18GeN.Ir/c1-2-7-18(8-3-1)20-13-14-22-23-11-6-12-24(27(23)29-25(22)17-20)26-21-10-5-4-9-19(21)15-16-28-26;1-12-10-15(13-8-6-5-7-9-13)17-11-14(12)16(2,3)4;/h1-3,6-8,11,13-17H,4-5,9-10H2;5-8,10-11H,1-4H3;/q2*-1;. The summed E-state index contributed by atoms with van der Waals surface area (Å²) < 4.78 is 4.12. The average Bonchev–Trinajstić information content (AvgIpc) is 3.47. The number of pyridine rings is 2. The van der Waals surface area contributed by atoms with Crippen LogP contribution in [0.4, 0.5) is 0 Å². The van der Waals surface area contributed by atoms with Gasteiger partial charge in [0, 0.05) is 31.0 Å². The first-order valence-corrected chi connectivity index (χ1v) is 24.4. The van der Waals surface area contributed by atoms with Crippen molar-refractivity contribution >= 4 is 49.2 Å². The molecule has 0 saturated heterocycles. The molecule has 1 aliphatic rings. The first kappa shape index (κ1) is 33.5. The predicted octanol–water partition coefficient (Wildman–Crippen LogP) is 10.9. The van der Waals surface area contributed by atoms with E-state index in [4.69, 9.17) is 4.98 Å². The number of aromatic nitrogens is 2. The van der Waals surface area contributed by atoms with Crippen molar-refractivity contribution in [3.05, 3.63) is 138 Å². The van der Waals surface area contributed by atoms with Crippen molar-refractivity contribution in [2.24, 2.45) is 0 Å². The van der Waals surface area contributed by atoms with E-state index >= 15 is 0 Å². The molecule has 1 radical (unpaired) electrons. The average molecular weight is 868 g/mol. The summed E-state index contributed by atoms with van der Waals surface area (Å²) in [7, 11) is 0. The minimum Gasteiger partial charge on any atom is -0.304 e. The van der Waals surface area contributed by atoms with Gasteiger partial charge in [-0.2, -0.15) is 11.3 Å². The van der Waals surface area contributed by atoms with Crippen molar-refractivity contribution in [1.29, 1.82) is 0 Å². The molecule has 7 aromatic rings. The Morgan fingerprint density at radius 1 is 0.745 bits per heavy atom. The molecule has 0 saturated carbocycles. The van der Waals surface area contributed by atoms with Crippen molar-refractivity contribution in [2.45, 2.75) is 49.9 Å². The van der Waals surface area contributed by atoms with Crippen molar-refractivity contribution in [1.82, 2.24) is 9.97 Å². The maximum absolute atomic E-state index is 4.82. The van der Waals surface area contributed by atoms with E-state index in [9.17, 15) is 0 Å². The molecule has 0 N–H and O–H groups in total. The third-order valence-electron chi connectivity index (χ3n) is 8.96. The van der Waals surface area contributed by atoms with Crippen molar-refractivity contribution in [2.75, 3.05) is 0 Å². The van der Waals surface area contributed by atoms with Gasteiger partial charge < -0.3 is 4.98 Å². The Bertz CT molecular complexity index is 2150. The first-order valence-electron chi connectivity index (χ1n) is 16.2. The van der Waals surface area contributed by atoms with Crippen LogP contribution in [0.25, 0.3) is 53.8 Å². The van der Waals surface area contributed by atoms with Crippen molar-refractivity contribution in [3.63, 3.8) is 0 Å². The zero-order valence-corrected chi connectivity index (χ0v) is 32.7. The quantitative estimate of drug-likeness (QED) is 0.130. The molecule has 0 spiro atoms. The summed E-state index contributed by atoms with van der Waals surface area (Å²) in [6, 6.07) is 40.9. The molecule has 0 atom stereocenters. The van der Waals surface area contributed by atoms with Crippen LogP contribution in [0.2, 0.25) is 17.3 Å². The molecule has 8 rings (SSSR count). The minimum atomic E-state index is -1.77. The van der Waals surface area contributed by atoms with Gasteiger partial charge in [0.25, 0.3) is 0 Å². The molecule has 0 amide bonds. The number of nitrogens with zero attached hydrogens (tertiary/aromatic N) is 2. The molecule has 3 aromatic heterocycles. The minimum absolute atomic E-state index is 0. The maximum atomic E-state index is 4.82. The Morgan fingerprint density at radius 3 is 2.32 bits per heavy atom. The molecule has 0 bridgehead atoms. The molecule has 0 unspecified atom stereocenters. The molecule has 0 aliphatic heterocycles. The SMILES string of the molecule is Cc1cc(-c2[c-]cccc2)nc[c]1[Ge]([CH3])([CH3])[CH3].[Ir].[c-]1ccc2c(sc3cc(-c4ccccc4)ccc32)c1-c1nccc2c1CCCC2. The van der Waals surface area contributed by atoms with Crippen LogP contribution in [0, 0.1) is 19.1 Å². The maximum Gasteiger partial charge on any atom is 0.0245 e. The third kappa shape index (κ3) is 7.08. The Kier molecular flexibility index (Phi) is 10.2. The van der Waals surface area contributed by atoms with Crippen LogP contribution in [0.1, 0.15) is 29.5 Å². The smallest absolute Gasteiger partial charge is 0.0245 e. The fourth-order valence-corrected chi connectivity index (χ4v) is 11.5. The second-order valence-electron chi connectivity index (χ2n) is 13.2. The van der Waals surface area contributed by atoms with E-state index in [-0.39, 0.29) is 20.1 Å². The van der Waals surface area contributed by atoms with Crippen LogP contribution in [-0.4, -0.2) is 23.2 Å². The van der Waals surface area contributed by atoms with Gasteiger partial charge in [0.15, 0.2) is 0 Å². The summed E-state index contributed by atoms with van der Waals surface area (Å²) in [5, 5.41) is 2.64. The molecular formula is C42H38GeIrN2S-2. The molecule has 3 heterocycles. The number of fused-ring (bicyclic) bond motifs is 4. The Labute approximate surface area is 299 Å². The number of hydrogen-bond acceptors (Lipinski definition) is 3. The van der Waals surface area contributed by atoms with Gasteiger partial charge in [-0.1, -0.05) is 59.0 Å². The molecular weight excluding hydrogens is 829 g/mol. The van der Waals surface area contributed by atoms with E-state index in [1.807, 2.05) is 35.7 Å². The predicted molar refractivity (Wildman–Crippen MR) is 200 cm³/mol. The van der Waals surface area contributed by atoms with Crippen LogP contribution >= 0.6 is 11.3 Å².